The number of rotatable bonds is 4. The Kier molecular flexibility index (Phi) is 6.16. The van der Waals surface area contributed by atoms with Crippen LogP contribution in [0, 0.1) is 5.92 Å². The number of piperidine rings is 1. The minimum absolute atomic E-state index is 0. The molecule has 1 aromatic heterocycles. The van der Waals surface area contributed by atoms with Gasteiger partial charge in [0.25, 0.3) is 11.8 Å². The standard InChI is InChI=1S/C19H28N4O4.ClH/c1-18(2,3)14-11(9-13(27-14)15(20)24)10-23-16(25)19(4,22-17(23)26)12-5-7-21-8-6-12;/h9,12,21H,5-8,10H2,1-4H3,(H2,20,24)(H,22,26);1H. The molecule has 2 fully saturated rings. The number of nitrogens with two attached hydrogens (primary N) is 1. The summed E-state index contributed by atoms with van der Waals surface area (Å²) in [6.07, 6.45) is 1.67. The second-order valence-electron chi connectivity index (χ2n) is 8.63. The SMILES string of the molecule is CC(C)(C)c1oc(C(N)=O)cc1CN1C(=O)NC(C)(C2CCNCC2)C1=O.Cl. The molecule has 1 atom stereocenters. The summed E-state index contributed by atoms with van der Waals surface area (Å²) in [6, 6.07) is 1.12. The molecular formula is C19H29ClN4O4. The molecule has 4 amide bonds. The van der Waals surface area contributed by atoms with Crippen molar-refractivity contribution in [3.8, 4) is 0 Å². The number of nitrogens with zero attached hydrogens (tertiary/aromatic N) is 1. The van der Waals surface area contributed by atoms with E-state index in [0.29, 0.717) is 11.3 Å². The summed E-state index contributed by atoms with van der Waals surface area (Å²) >= 11 is 0. The van der Waals surface area contributed by atoms with Crippen molar-refractivity contribution >= 4 is 30.3 Å². The fourth-order valence-electron chi connectivity index (χ4n) is 4.01. The van der Waals surface area contributed by atoms with Gasteiger partial charge >= 0.3 is 6.03 Å². The van der Waals surface area contributed by atoms with Crippen molar-refractivity contribution < 1.29 is 18.8 Å². The number of imide groups is 1. The number of amides is 4. The Labute approximate surface area is 171 Å². The zero-order valence-corrected chi connectivity index (χ0v) is 17.6. The number of nitrogens with one attached hydrogen (secondary N) is 2. The molecule has 156 valence electrons. The molecule has 0 aliphatic carbocycles. The maximum absolute atomic E-state index is 13.1. The number of halogens is 1. The van der Waals surface area contributed by atoms with Gasteiger partial charge in [-0.15, -0.1) is 12.4 Å². The molecule has 0 radical (unpaired) electrons. The lowest BCUT2D eigenvalue weighted by atomic mass is 9.79. The largest absolute Gasteiger partial charge is 0.455 e. The normalized spacial score (nSPS) is 23.5. The van der Waals surface area contributed by atoms with Crippen LogP contribution >= 0.6 is 12.4 Å². The third-order valence-electron chi connectivity index (χ3n) is 5.52. The lowest BCUT2D eigenvalue weighted by molar-refractivity contribution is -0.133. The number of hydrogen-bond acceptors (Lipinski definition) is 5. The minimum atomic E-state index is -0.905. The van der Waals surface area contributed by atoms with Gasteiger partial charge in [-0.05, 0) is 44.8 Å². The number of carbonyl (C=O) groups is 3. The van der Waals surface area contributed by atoms with E-state index >= 15 is 0 Å². The van der Waals surface area contributed by atoms with Gasteiger partial charge in [0.05, 0.1) is 6.54 Å². The molecule has 2 aliphatic rings. The topological polar surface area (TPSA) is 118 Å². The fraction of sp³-hybridized carbons (Fsp3) is 0.632. The summed E-state index contributed by atoms with van der Waals surface area (Å²) in [5, 5.41) is 6.17. The average Bonchev–Trinajstić information content (AvgIpc) is 3.12. The minimum Gasteiger partial charge on any atom is -0.455 e. The maximum Gasteiger partial charge on any atom is 0.325 e. The fourth-order valence-corrected chi connectivity index (χ4v) is 4.01. The first-order valence-electron chi connectivity index (χ1n) is 9.32. The van der Waals surface area contributed by atoms with Crippen molar-refractivity contribution in [3.63, 3.8) is 0 Å². The van der Waals surface area contributed by atoms with Crippen LogP contribution in [0.1, 0.15) is 62.4 Å². The first-order chi connectivity index (χ1) is 12.5. The highest BCUT2D eigenvalue weighted by Crippen LogP contribution is 2.35. The summed E-state index contributed by atoms with van der Waals surface area (Å²) in [7, 11) is 0. The van der Waals surface area contributed by atoms with Gasteiger partial charge in [0.1, 0.15) is 11.3 Å². The van der Waals surface area contributed by atoms with Gasteiger partial charge < -0.3 is 20.8 Å². The summed E-state index contributed by atoms with van der Waals surface area (Å²) in [5.41, 5.74) is 4.66. The quantitative estimate of drug-likeness (QED) is 0.653. The van der Waals surface area contributed by atoms with E-state index in [1.807, 2.05) is 20.8 Å². The van der Waals surface area contributed by atoms with Gasteiger partial charge in [-0.3, -0.25) is 14.5 Å². The molecule has 0 saturated carbocycles. The molecule has 28 heavy (non-hydrogen) atoms. The predicted molar refractivity (Wildman–Crippen MR) is 106 cm³/mol. The molecule has 3 heterocycles. The lowest BCUT2D eigenvalue weighted by Crippen LogP contribution is -2.53. The van der Waals surface area contributed by atoms with Gasteiger partial charge in [0.15, 0.2) is 5.76 Å². The monoisotopic (exact) mass is 412 g/mol. The van der Waals surface area contributed by atoms with Gasteiger partial charge in [-0.1, -0.05) is 20.8 Å². The molecule has 0 spiro atoms. The molecule has 0 bridgehead atoms. The van der Waals surface area contributed by atoms with Gasteiger partial charge in [0.2, 0.25) is 0 Å². The third kappa shape index (κ3) is 3.89. The Morgan fingerprint density at radius 3 is 2.46 bits per heavy atom. The Morgan fingerprint density at radius 2 is 1.93 bits per heavy atom. The van der Waals surface area contributed by atoms with Crippen molar-refractivity contribution in [1.29, 1.82) is 0 Å². The summed E-state index contributed by atoms with van der Waals surface area (Å²) in [5.74, 6) is -0.243. The van der Waals surface area contributed by atoms with Crippen LogP contribution in [0.2, 0.25) is 0 Å². The van der Waals surface area contributed by atoms with Crippen molar-refractivity contribution in [2.45, 2.75) is 58.0 Å². The van der Waals surface area contributed by atoms with Crippen LogP contribution in [-0.4, -0.2) is 41.4 Å². The zero-order valence-electron chi connectivity index (χ0n) is 16.8. The highest BCUT2D eigenvalue weighted by atomic mass is 35.5. The molecular weight excluding hydrogens is 384 g/mol. The third-order valence-corrected chi connectivity index (χ3v) is 5.52. The highest BCUT2D eigenvalue weighted by Gasteiger charge is 2.52. The van der Waals surface area contributed by atoms with Crippen molar-refractivity contribution in [2.75, 3.05) is 13.1 Å². The van der Waals surface area contributed by atoms with Crippen molar-refractivity contribution in [1.82, 2.24) is 15.5 Å². The maximum atomic E-state index is 13.1. The Bertz CT molecular complexity index is 779. The van der Waals surface area contributed by atoms with E-state index in [1.54, 1.807) is 6.92 Å². The van der Waals surface area contributed by atoms with E-state index in [-0.39, 0.29) is 36.5 Å². The number of urea groups is 1. The van der Waals surface area contributed by atoms with E-state index in [2.05, 4.69) is 10.6 Å². The zero-order chi connectivity index (χ0) is 20.0. The van der Waals surface area contributed by atoms with Crippen LogP contribution < -0.4 is 16.4 Å². The first kappa shape index (κ1) is 22.2. The Hall–Kier alpha value is -2.06. The van der Waals surface area contributed by atoms with Crippen LogP contribution in [0.4, 0.5) is 4.79 Å². The van der Waals surface area contributed by atoms with E-state index in [1.165, 1.54) is 11.0 Å². The molecule has 1 unspecified atom stereocenters. The predicted octanol–water partition coefficient (Wildman–Crippen LogP) is 1.91. The van der Waals surface area contributed by atoms with E-state index in [4.69, 9.17) is 10.2 Å². The Balaban J connectivity index is 0.00000280. The number of furan rings is 1. The van der Waals surface area contributed by atoms with Crippen LogP contribution in [0.25, 0.3) is 0 Å². The molecule has 0 aromatic carbocycles. The lowest BCUT2D eigenvalue weighted by Gasteiger charge is -2.34. The van der Waals surface area contributed by atoms with E-state index in [9.17, 15) is 14.4 Å². The summed E-state index contributed by atoms with van der Waals surface area (Å²) < 4.78 is 5.64. The Morgan fingerprint density at radius 1 is 1.32 bits per heavy atom. The van der Waals surface area contributed by atoms with Crippen LogP contribution in [0.15, 0.2) is 10.5 Å². The summed E-state index contributed by atoms with van der Waals surface area (Å²) in [6.45, 7) is 9.33. The van der Waals surface area contributed by atoms with Gasteiger partial charge in [-0.25, -0.2) is 4.79 Å². The molecule has 3 rings (SSSR count). The van der Waals surface area contributed by atoms with E-state index < -0.39 is 22.9 Å². The van der Waals surface area contributed by atoms with Crippen LogP contribution in [0.3, 0.4) is 0 Å². The molecule has 2 aliphatic heterocycles. The van der Waals surface area contributed by atoms with Gasteiger partial charge in [0, 0.05) is 11.0 Å². The first-order valence-corrected chi connectivity index (χ1v) is 9.32. The number of carbonyl (C=O) groups excluding carboxylic acids is 3. The average molecular weight is 413 g/mol. The second kappa shape index (κ2) is 7.75. The van der Waals surface area contributed by atoms with Crippen LogP contribution in [-0.2, 0) is 16.8 Å². The summed E-state index contributed by atoms with van der Waals surface area (Å²) in [4.78, 5) is 38.5. The molecule has 9 heteroatoms. The number of hydrogen-bond donors (Lipinski definition) is 3. The molecule has 2 saturated heterocycles. The van der Waals surface area contributed by atoms with Gasteiger partial charge in [-0.2, -0.15) is 0 Å². The number of primary amides is 1. The van der Waals surface area contributed by atoms with Crippen LogP contribution in [0.5, 0.6) is 0 Å². The highest BCUT2D eigenvalue weighted by molar-refractivity contribution is 6.07. The smallest absolute Gasteiger partial charge is 0.325 e. The second-order valence-corrected chi connectivity index (χ2v) is 8.63. The molecule has 4 N–H and O–H groups in total. The van der Waals surface area contributed by atoms with Crippen molar-refractivity contribution in [2.24, 2.45) is 11.7 Å². The molecule has 1 aromatic rings. The van der Waals surface area contributed by atoms with Crippen molar-refractivity contribution in [3.05, 3.63) is 23.2 Å². The van der Waals surface area contributed by atoms with E-state index in [0.717, 1.165) is 25.9 Å². The molecule has 8 nitrogen and oxygen atoms in total.